The van der Waals surface area contributed by atoms with E-state index in [4.69, 9.17) is 0 Å². The Balaban J connectivity index is 1.77. The van der Waals surface area contributed by atoms with Crippen molar-refractivity contribution in [2.24, 2.45) is 0 Å². The summed E-state index contributed by atoms with van der Waals surface area (Å²) in [5.74, 6) is -1.31. The lowest BCUT2D eigenvalue weighted by Crippen LogP contribution is -2.26. The maximum atomic E-state index is 12.6. The van der Waals surface area contributed by atoms with Gasteiger partial charge in [-0.25, -0.2) is 0 Å². The highest BCUT2D eigenvalue weighted by Crippen LogP contribution is 2.29. The molecule has 27 heavy (non-hydrogen) atoms. The van der Waals surface area contributed by atoms with Gasteiger partial charge in [0.2, 0.25) is 0 Å². The van der Waals surface area contributed by atoms with Gasteiger partial charge >= 0.3 is 6.18 Å². The summed E-state index contributed by atoms with van der Waals surface area (Å²) in [7, 11) is 2.87. The van der Waals surface area contributed by atoms with E-state index in [-0.39, 0.29) is 23.2 Å². The zero-order chi connectivity index (χ0) is 19.9. The van der Waals surface area contributed by atoms with Gasteiger partial charge in [-0.1, -0.05) is 12.1 Å². The number of hydrogen-bond acceptors (Lipinski definition) is 3. The predicted molar refractivity (Wildman–Crippen MR) is 90.1 cm³/mol. The van der Waals surface area contributed by atoms with Crippen LogP contribution in [0.25, 0.3) is 0 Å². The van der Waals surface area contributed by atoms with Crippen molar-refractivity contribution in [3.8, 4) is 0 Å². The summed E-state index contributed by atoms with van der Waals surface area (Å²) in [6, 6.07) is 8.79. The molecule has 0 unspecified atom stereocenters. The topological polar surface area (TPSA) is 57.7 Å². The van der Waals surface area contributed by atoms with Crippen LogP contribution >= 0.6 is 0 Å². The average Bonchev–Trinajstić information content (AvgIpc) is 2.84. The van der Waals surface area contributed by atoms with Crippen molar-refractivity contribution < 1.29 is 27.6 Å². The molecule has 0 spiro atoms. The predicted octanol–water partition coefficient (Wildman–Crippen LogP) is 3.20. The van der Waals surface area contributed by atoms with E-state index in [0.717, 1.165) is 17.0 Å². The minimum Gasteiger partial charge on any atom is -0.337 e. The van der Waals surface area contributed by atoms with E-state index < -0.39 is 29.5 Å². The molecule has 8 heteroatoms. The van der Waals surface area contributed by atoms with Gasteiger partial charge in [0.1, 0.15) is 0 Å². The van der Waals surface area contributed by atoms with Gasteiger partial charge in [-0.2, -0.15) is 13.2 Å². The van der Waals surface area contributed by atoms with E-state index in [2.05, 4.69) is 0 Å². The molecule has 0 fully saturated rings. The molecule has 0 saturated carbocycles. The summed E-state index contributed by atoms with van der Waals surface area (Å²) < 4.78 is 37.8. The molecule has 0 saturated heterocycles. The Bertz CT molecular complexity index is 936. The largest absolute Gasteiger partial charge is 0.416 e. The van der Waals surface area contributed by atoms with Crippen LogP contribution < -0.4 is 0 Å². The van der Waals surface area contributed by atoms with Crippen LogP contribution in [-0.2, 0) is 12.7 Å². The van der Waals surface area contributed by atoms with Crippen molar-refractivity contribution in [2.45, 2.75) is 12.7 Å². The van der Waals surface area contributed by atoms with Crippen molar-refractivity contribution in [1.82, 2.24) is 9.80 Å². The summed E-state index contributed by atoms with van der Waals surface area (Å²) in [5.41, 5.74) is 0.400. The lowest BCUT2D eigenvalue weighted by molar-refractivity contribution is -0.137. The Morgan fingerprint density at radius 2 is 1.59 bits per heavy atom. The molecule has 3 rings (SSSR count). The first kappa shape index (κ1) is 18.6. The Labute approximate surface area is 153 Å². The minimum atomic E-state index is -4.41. The normalized spacial score (nSPS) is 13.7. The van der Waals surface area contributed by atoms with Crippen LogP contribution in [0.5, 0.6) is 0 Å². The molecule has 1 aliphatic heterocycles. The van der Waals surface area contributed by atoms with Crippen LogP contribution in [0.4, 0.5) is 13.2 Å². The molecule has 5 nitrogen and oxygen atoms in total. The number of benzene rings is 2. The molecule has 2 aromatic rings. The Kier molecular flexibility index (Phi) is 4.51. The number of hydrogen-bond donors (Lipinski definition) is 0. The molecular weight excluding hydrogens is 361 g/mol. The lowest BCUT2D eigenvalue weighted by atomic mass is 10.0. The van der Waals surface area contributed by atoms with Gasteiger partial charge in [0, 0.05) is 26.2 Å². The zero-order valence-corrected chi connectivity index (χ0v) is 14.5. The van der Waals surface area contributed by atoms with Gasteiger partial charge in [0.05, 0.1) is 16.7 Å². The SMILES string of the molecule is CN(Cc1ccc(C(F)(F)F)cc1)C(=O)c1ccc2c(c1)C(=O)N(C)C2=O. The van der Waals surface area contributed by atoms with Crippen LogP contribution in [0.1, 0.15) is 42.2 Å². The molecule has 0 radical (unpaired) electrons. The van der Waals surface area contributed by atoms with Crippen molar-refractivity contribution in [1.29, 1.82) is 0 Å². The van der Waals surface area contributed by atoms with E-state index in [1.807, 2.05) is 0 Å². The molecule has 1 heterocycles. The summed E-state index contributed by atoms with van der Waals surface area (Å²) in [5, 5.41) is 0. The molecule has 2 aromatic carbocycles. The van der Waals surface area contributed by atoms with Gasteiger partial charge in [-0.3, -0.25) is 19.3 Å². The molecule has 0 aromatic heterocycles. The van der Waals surface area contributed by atoms with Crippen molar-refractivity contribution in [3.05, 3.63) is 70.3 Å². The number of halogens is 3. The first-order valence-electron chi connectivity index (χ1n) is 7.97. The fourth-order valence-corrected chi connectivity index (χ4v) is 2.86. The van der Waals surface area contributed by atoms with Crippen LogP contribution in [0.2, 0.25) is 0 Å². The second-order valence-electron chi connectivity index (χ2n) is 6.29. The fourth-order valence-electron chi connectivity index (χ4n) is 2.86. The van der Waals surface area contributed by atoms with Gasteiger partial charge in [-0.05, 0) is 35.9 Å². The third-order valence-electron chi connectivity index (χ3n) is 4.38. The second kappa shape index (κ2) is 6.53. The van der Waals surface area contributed by atoms with Crippen LogP contribution in [0.3, 0.4) is 0 Å². The smallest absolute Gasteiger partial charge is 0.337 e. The van der Waals surface area contributed by atoms with Gasteiger partial charge in [-0.15, -0.1) is 0 Å². The van der Waals surface area contributed by atoms with E-state index in [1.54, 1.807) is 0 Å². The van der Waals surface area contributed by atoms with Crippen LogP contribution in [0.15, 0.2) is 42.5 Å². The Hall–Kier alpha value is -3.16. The van der Waals surface area contributed by atoms with Crippen molar-refractivity contribution >= 4 is 17.7 Å². The van der Waals surface area contributed by atoms with Crippen LogP contribution in [-0.4, -0.2) is 41.6 Å². The van der Waals surface area contributed by atoms with E-state index in [9.17, 15) is 27.6 Å². The second-order valence-corrected chi connectivity index (χ2v) is 6.29. The molecule has 1 aliphatic rings. The van der Waals surface area contributed by atoms with Crippen molar-refractivity contribution in [3.63, 3.8) is 0 Å². The first-order chi connectivity index (χ1) is 12.6. The molecule has 0 bridgehead atoms. The maximum absolute atomic E-state index is 12.6. The number of nitrogens with zero attached hydrogens (tertiary/aromatic N) is 2. The van der Waals surface area contributed by atoms with Gasteiger partial charge < -0.3 is 4.90 Å². The summed E-state index contributed by atoms with van der Waals surface area (Å²) >= 11 is 0. The van der Waals surface area contributed by atoms with E-state index >= 15 is 0 Å². The highest BCUT2D eigenvalue weighted by atomic mass is 19.4. The molecule has 0 aliphatic carbocycles. The summed E-state index contributed by atoms with van der Waals surface area (Å²) in [4.78, 5) is 38.8. The zero-order valence-electron chi connectivity index (χ0n) is 14.5. The lowest BCUT2D eigenvalue weighted by Gasteiger charge is -2.18. The number of imide groups is 1. The number of carbonyl (C=O) groups is 3. The third-order valence-corrected chi connectivity index (χ3v) is 4.38. The molecule has 0 N–H and O–H groups in total. The highest BCUT2D eigenvalue weighted by molar-refractivity contribution is 6.21. The molecule has 140 valence electrons. The quantitative estimate of drug-likeness (QED) is 0.773. The third kappa shape index (κ3) is 3.42. The summed E-state index contributed by atoms with van der Waals surface area (Å²) in [6.07, 6.45) is -4.41. The first-order valence-corrected chi connectivity index (χ1v) is 7.97. The number of alkyl halides is 3. The standard InChI is InChI=1S/C19H15F3N2O3/c1-23(10-11-3-6-13(7-4-11)19(20,21)22)16(25)12-5-8-14-15(9-12)18(27)24(2)17(14)26/h3-9H,10H2,1-2H3. The maximum Gasteiger partial charge on any atom is 0.416 e. The molecular formula is C19H15F3N2O3. The Morgan fingerprint density at radius 3 is 2.19 bits per heavy atom. The van der Waals surface area contributed by atoms with Crippen molar-refractivity contribution in [2.75, 3.05) is 14.1 Å². The number of rotatable bonds is 3. The van der Waals surface area contributed by atoms with Crippen LogP contribution in [0, 0.1) is 0 Å². The molecule has 0 atom stereocenters. The van der Waals surface area contributed by atoms with E-state index in [1.165, 1.54) is 49.3 Å². The average molecular weight is 376 g/mol. The number of amides is 3. The van der Waals surface area contributed by atoms with Gasteiger partial charge in [0.25, 0.3) is 17.7 Å². The minimum absolute atomic E-state index is 0.0981. The fraction of sp³-hybridized carbons (Fsp3) is 0.211. The van der Waals surface area contributed by atoms with E-state index in [0.29, 0.717) is 5.56 Å². The van der Waals surface area contributed by atoms with Gasteiger partial charge in [0.15, 0.2) is 0 Å². The highest BCUT2D eigenvalue weighted by Gasteiger charge is 2.33. The number of carbonyl (C=O) groups excluding carboxylic acids is 3. The number of fused-ring (bicyclic) bond motifs is 1. The summed E-state index contributed by atoms with van der Waals surface area (Å²) in [6.45, 7) is 0.0981. The monoisotopic (exact) mass is 376 g/mol. The molecule has 3 amide bonds. The Morgan fingerprint density at radius 1 is 1.00 bits per heavy atom.